The number of unbranched alkanes of at least 4 members (excludes halogenated alkanes) is 2. The van der Waals surface area contributed by atoms with Crippen LogP contribution in [-0.4, -0.2) is 52.2 Å². The molecule has 0 saturated heterocycles. The smallest absolute Gasteiger partial charge is 0.220 e. The first-order valence-corrected chi connectivity index (χ1v) is 12.9. The molecule has 2 aromatic rings. The van der Waals surface area contributed by atoms with E-state index in [1.165, 1.54) is 35.4 Å². The zero-order valence-electron chi connectivity index (χ0n) is 21.3. The molecule has 2 aromatic heterocycles. The molecule has 0 bridgehead atoms. The van der Waals surface area contributed by atoms with Crippen molar-refractivity contribution in [2.45, 2.75) is 91.0 Å². The van der Waals surface area contributed by atoms with Crippen molar-refractivity contribution in [2.75, 3.05) is 20.1 Å². The van der Waals surface area contributed by atoms with E-state index in [-0.39, 0.29) is 17.9 Å². The number of aromatic nitrogens is 3. The number of carbonyl (C=O) groups is 1. The summed E-state index contributed by atoms with van der Waals surface area (Å²) in [7, 11) is 2.12. The Morgan fingerprint density at radius 3 is 2.70 bits per heavy atom. The highest BCUT2D eigenvalue weighted by atomic mass is 16.1. The minimum atomic E-state index is 0.0178. The fourth-order valence-corrected chi connectivity index (χ4v) is 4.64. The number of nitrogens with zero attached hydrogens (tertiary/aromatic N) is 2. The van der Waals surface area contributed by atoms with Crippen LogP contribution in [0, 0.1) is 0 Å². The van der Waals surface area contributed by atoms with Gasteiger partial charge in [0.15, 0.2) is 0 Å². The first-order valence-electron chi connectivity index (χ1n) is 12.9. The largest absolute Gasteiger partial charge is 0.356 e. The number of amides is 1. The standard InChI is InChI=1S/C27H43N5O/c1-6-9-13-21-23(12-7-2)30-31-27(21)24-18-20-15-16-22(19(4)26(20)29-24)28-25(33)14-10-11-17-32(5)8-3/h15-16,18-19,22,29H,6-14,17H2,1-5H3,(H,28,33)(H,30,31). The van der Waals surface area contributed by atoms with Crippen molar-refractivity contribution in [2.24, 2.45) is 0 Å². The topological polar surface area (TPSA) is 76.8 Å². The molecule has 2 atom stereocenters. The number of fused-ring (bicyclic) bond motifs is 1. The minimum Gasteiger partial charge on any atom is -0.356 e. The fourth-order valence-electron chi connectivity index (χ4n) is 4.64. The quantitative estimate of drug-likeness (QED) is 0.354. The predicted octanol–water partition coefficient (Wildman–Crippen LogP) is 5.44. The summed E-state index contributed by atoms with van der Waals surface area (Å²) in [5, 5.41) is 11.2. The number of nitrogens with one attached hydrogen (secondary N) is 3. The minimum absolute atomic E-state index is 0.0178. The molecule has 182 valence electrons. The van der Waals surface area contributed by atoms with Crippen LogP contribution in [0.4, 0.5) is 0 Å². The molecule has 1 aliphatic rings. The van der Waals surface area contributed by atoms with Gasteiger partial charge in [-0.3, -0.25) is 9.89 Å². The summed E-state index contributed by atoms with van der Waals surface area (Å²) in [6.45, 7) is 10.9. The summed E-state index contributed by atoms with van der Waals surface area (Å²) in [5.41, 5.74) is 7.14. The number of carbonyl (C=O) groups excluding carboxylic acids is 1. The van der Waals surface area contributed by atoms with E-state index in [9.17, 15) is 4.79 Å². The second-order valence-electron chi connectivity index (χ2n) is 9.53. The van der Waals surface area contributed by atoms with Gasteiger partial charge in [-0.25, -0.2) is 0 Å². The summed E-state index contributed by atoms with van der Waals surface area (Å²) in [5.74, 6) is 0.339. The lowest BCUT2D eigenvalue weighted by Crippen LogP contribution is -2.38. The zero-order chi connectivity index (χ0) is 23.8. The normalized spacial score (nSPS) is 17.5. The maximum absolute atomic E-state index is 12.5. The molecule has 0 radical (unpaired) electrons. The molecule has 0 aliphatic heterocycles. The van der Waals surface area contributed by atoms with E-state index in [0.717, 1.165) is 56.6 Å². The van der Waals surface area contributed by atoms with Gasteiger partial charge in [0, 0.05) is 29.3 Å². The second kappa shape index (κ2) is 12.2. The van der Waals surface area contributed by atoms with Gasteiger partial charge in [0.05, 0.1) is 11.7 Å². The Morgan fingerprint density at radius 1 is 1.15 bits per heavy atom. The molecule has 1 aliphatic carbocycles. The van der Waals surface area contributed by atoms with Crippen molar-refractivity contribution >= 4 is 12.0 Å². The number of H-pyrrole nitrogens is 2. The Labute approximate surface area is 199 Å². The van der Waals surface area contributed by atoms with Gasteiger partial charge in [-0.2, -0.15) is 5.10 Å². The molecule has 0 spiro atoms. The van der Waals surface area contributed by atoms with Crippen LogP contribution in [0.25, 0.3) is 17.5 Å². The third kappa shape index (κ3) is 6.38. The van der Waals surface area contributed by atoms with E-state index in [0.29, 0.717) is 6.42 Å². The lowest BCUT2D eigenvalue weighted by atomic mass is 9.90. The van der Waals surface area contributed by atoms with Crippen molar-refractivity contribution in [1.82, 2.24) is 25.4 Å². The van der Waals surface area contributed by atoms with Gasteiger partial charge >= 0.3 is 0 Å². The van der Waals surface area contributed by atoms with Crippen LogP contribution in [0.3, 0.4) is 0 Å². The van der Waals surface area contributed by atoms with E-state index in [2.05, 4.69) is 73.3 Å². The van der Waals surface area contributed by atoms with Gasteiger partial charge in [0.2, 0.25) is 5.91 Å². The highest BCUT2D eigenvalue weighted by molar-refractivity contribution is 5.77. The van der Waals surface area contributed by atoms with Crippen molar-refractivity contribution in [3.63, 3.8) is 0 Å². The van der Waals surface area contributed by atoms with Crippen molar-refractivity contribution in [1.29, 1.82) is 0 Å². The zero-order valence-corrected chi connectivity index (χ0v) is 21.3. The molecule has 2 unspecified atom stereocenters. The van der Waals surface area contributed by atoms with Crippen molar-refractivity contribution in [3.8, 4) is 11.4 Å². The van der Waals surface area contributed by atoms with Gasteiger partial charge in [-0.05, 0) is 63.9 Å². The Balaban J connectivity index is 1.66. The predicted molar refractivity (Wildman–Crippen MR) is 137 cm³/mol. The molecule has 0 aromatic carbocycles. The highest BCUT2D eigenvalue weighted by Gasteiger charge is 2.27. The number of aryl methyl sites for hydroxylation is 1. The number of rotatable bonds is 13. The lowest BCUT2D eigenvalue weighted by molar-refractivity contribution is -0.121. The van der Waals surface area contributed by atoms with Gasteiger partial charge in [-0.15, -0.1) is 0 Å². The summed E-state index contributed by atoms with van der Waals surface area (Å²) in [6.07, 6.45) is 12.4. The highest BCUT2D eigenvalue weighted by Crippen LogP contribution is 2.34. The lowest BCUT2D eigenvalue weighted by Gasteiger charge is -2.25. The first-order chi connectivity index (χ1) is 16.0. The van der Waals surface area contributed by atoms with E-state index >= 15 is 0 Å². The van der Waals surface area contributed by atoms with E-state index in [1.807, 2.05) is 0 Å². The number of hydrogen-bond donors (Lipinski definition) is 3. The van der Waals surface area contributed by atoms with E-state index in [4.69, 9.17) is 5.10 Å². The molecule has 6 nitrogen and oxygen atoms in total. The van der Waals surface area contributed by atoms with Gasteiger partial charge in [0.25, 0.3) is 0 Å². The molecule has 0 saturated carbocycles. The van der Waals surface area contributed by atoms with Gasteiger partial charge in [-0.1, -0.05) is 52.7 Å². The van der Waals surface area contributed by atoms with Crippen LogP contribution < -0.4 is 5.32 Å². The van der Waals surface area contributed by atoms with Crippen LogP contribution >= 0.6 is 0 Å². The number of hydrogen-bond acceptors (Lipinski definition) is 3. The van der Waals surface area contributed by atoms with E-state index in [1.54, 1.807) is 0 Å². The molecule has 3 N–H and O–H groups in total. The molecule has 2 heterocycles. The molecular weight excluding hydrogens is 410 g/mol. The third-order valence-electron chi connectivity index (χ3n) is 6.91. The maximum atomic E-state index is 12.5. The average Bonchev–Trinajstić information content (AvgIpc) is 3.41. The Hall–Kier alpha value is -2.34. The molecule has 33 heavy (non-hydrogen) atoms. The Bertz CT molecular complexity index is 925. The van der Waals surface area contributed by atoms with E-state index < -0.39 is 0 Å². The Kier molecular flexibility index (Phi) is 9.36. The fraction of sp³-hybridized carbons (Fsp3) is 0.630. The number of aromatic amines is 2. The van der Waals surface area contributed by atoms with Crippen LogP contribution in [0.5, 0.6) is 0 Å². The first kappa shape index (κ1) is 25.3. The summed E-state index contributed by atoms with van der Waals surface area (Å²) in [4.78, 5) is 18.5. The molecule has 6 heteroatoms. The SMILES string of the molecule is CCCCc1c(-c2cc3c([nH]2)C(C)C(NC(=O)CCCCN(C)CC)C=C3)n[nH]c1CCC. The monoisotopic (exact) mass is 453 g/mol. The third-order valence-corrected chi connectivity index (χ3v) is 6.91. The summed E-state index contributed by atoms with van der Waals surface area (Å²) < 4.78 is 0. The van der Waals surface area contributed by atoms with Crippen molar-refractivity contribution in [3.05, 3.63) is 34.7 Å². The molecule has 1 amide bonds. The molecule has 0 fully saturated rings. The van der Waals surface area contributed by atoms with Crippen LogP contribution in [0.2, 0.25) is 0 Å². The van der Waals surface area contributed by atoms with Gasteiger partial charge < -0.3 is 15.2 Å². The second-order valence-corrected chi connectivity index (χ2v) is 9.53. The Morgan fingerprint density at radius 2 is 1.97 bits per heavy atom. The average molecular weight is 454 g/mol. The van der Waals surface area contributed by atoms with Gasteiger partial charge in [0.1, 0.15) is 5.69 Å². The summed E-state index contributed by atoms with van der Waals surface area (Å²) >= 11 is 0. The van der Waals surface area contributed by atoms with Crippen LogP contribution in [0.1, 0.15) is 94.7 Å². The summed E-state index contributed by atoms with van der Waals surface area (Å²) in [6, 6.07) is 2.23. The van der Waals surface area contributed by atoms with Crippen LogP contribution in [0.15, 0.2) is 12.1 Å². The van der Waals surface area contributed by atoms with Crippen molar-refractivity contribution < 1.29 is 4.79 Å². The molecular formula is C27H43N5O. The van der Waals surface area contributed by atoms with Crippen LogP contribution in [-0.2, 0) is 17.6 Å². The molecule has 3 rings (SSSR count). The maximum Gasteiger partial charge on any atom is 0.220 e.